The van der Waals surface area contributed by atoms with Crippen LogP contribution in [0.5, 0.6) is 0 Å². The number of aromatic nitrogens is 2. The van der Waals surface area contributed by atoms with Crippen LogP contribution >= 0.6 is 0 Å². The van der Waals surface area contributed by atoms with Crippen LogP contribution in [0.1, 0.15) is 30.9 Å². The maximum Gasteiger partial charge on any atom is 0.417 e. The van der Waals surface area contributed by atoms with E-state index in [1.54, 1.807) is 4.90 Å². The van der Waals surface area contributed by atoms with Gasteiger partial charge < -0.3 is 25.4 Å². The van der Waals surface area contributed by atoms with Gasteiger partial charge in [-0.25, -0.2) is 4.79 Å². The smallest absolute Gasteiger partial charge is 0.390 e. The number of anilines is 2. The number of carbonyl (C=O) groups is 2. The lowest BCUT2D eigenvalue weighted by molar-refractivity contribution is -0.135. The summed E-state index contributed by atoms with van der Waals surface area (Å²) in [6, 6.07) is 14.7. The van der Waals surface area contributed by atoms with Crippen LogP contribution in [-0.2, 0) is 22.5 Å². The number of H-pyrrole nitrogens is 1. The van der Waals surface area contributed by atoms with Gasteiger partial charge in [0.05, 0.1) is 17.3 Å². The lowest BCUT2D eigenvalue weighted by Crippen LogP contribution is -2.43. The fraction of sp³-hybridized carbons (Fsp3) is 0.444. The molecule has 0 radical (unpaired) electrons. The van der Waals surface area contributed by atoms with Crippen LogP contribution in [0.25, 0.3) is 10.9 Å². The van der Waals surface area contributed by atoms with Crippen LogP contribution in [0.15, 0.2) is 42.5 Å². The molecule has 1 fully saturated rings. The number of fused-ring (bicyclic) bond motifs is 2. The molecule has 0 unspecified atom stereocenters. The molecule has 37 heavy (non-hydrogen) atoms. The first-order valence-corrected chi connectivity index (χ1v) is 12.9. The molecule has 196 valence electrons. The maximum atomic E-state index is 11.9. The van der Waals surface area contributed by atoms with E-state index in [9.17, 15) is 14.7 Å². The predicted octanol–water partition coefficient (Wildman–Crippen LogP) is 2.95. The van der Waals surface area contributed by atoms with Gasteiger partial charge in [-0.1, -0.05) is 30.3 Å². The Balaban J connectivity index is 1.14. The Hall–Kier alpha value is -3.63. The summed E-state index contributed by atoms with van der Waals surface area (Å²) in [5.41, 5.74) is 4.58. The van der Waals surface area contributed by atoms with Gasteiger partial charge in [0.2, 0.25) is 0 Å². The highest BCUT2D eigenvalue weighted by molar-refractivity contribution is 5.97. The number of ether oxygens (including phenoxy) is 1. The van der Waals surface area contributed by atoms with Crippen LogP contribution < -0.4 is 10.6 Å². The average Bonchev–Trinajstić information content (AvgIpc) is 3.31. The molecule has 1 atom stereocenters. The van der Waals surface area contributed by atoms with E-state index in [2.05, 4.69) is 54.7 Å². The Kier molecular flexibility index (Phi) is 7.57. The summed E-state index contributed by atoms with van der Waals surface area (Å²) in [6.07, 6.45) is 1.41. The van der Waals surface area contributed by atoms with Crippen molar-refractivity contribution in [2.24, 2.45) is 0 Å². The summed E-state index contributed by atoms with van der Waals surface area (Å²) >= 11 is 0. The molecule has 4 N–H and O–H groups in total. The van der Waals surface area contributed by atoms with E-state index in [-0.39, 0.29) is 6.04 Å². The molecule has 5 rings (SSSR count). The van der Waals surface area contributed by atoms with Crippen molar-refractivity contribution in [3.8, 4) is 0 Å². The first kappa shape index (κ1) is 25.0. The Morgan fingerprint density at radius 1 is 1.14 bits per heavy atom. The predicted molar refractivity (Wildman–Crippen MR) is 141 cm³/mol. The highest BCUT2D eigenvalue weighted by Crippen LogP contribution is 2.28. The average molecular weight is 507 g/mol. The van der Waals surface area contributed by atoms with Crippen molar-refractivity contribution in [1.29, 1.82) is 0 Å². The van der Waals surface area contributed by atoms with E-state index in [0.717, 1.165) is 48.9 Å². The Bertz CT molecular complexity index is 1250. The number of nitrogens with zero attached hydrogens (tertiary/aromatic N) is 3. The molecular weight excluding hydrogens is 472 g/mol. The van der Waals surface area contributed by atoms with E-state index in [1.165, 1.54) is 18.1 Å². The fourth-order valence-corrected chi connectivity index (χ4v) is 5.20. The second kappa shape index (κ2) is 11.2. The van der Waals surface area contributed by atoms with E-state index < -0.39 is 18.2 Å². The Labute approximate surface area is 216 Å². The van der Waals surface area contributed by atoms with Crippen molar-refractivity contribution in [1.82, 2.24) is 20.0 Å². The molecule has 10 nitrogen and oxygen atoms in total. The van der Waals surface area contributed by atoms with Crippen LogP contribution in [0.2, 0.25) is 0 Å². The monoisotopic (exact) mass is 506 g/mol. The van der Waals surface area contributed by atoms with Crippen molar-refractivity contribution < 1.29 is 19.4 Å². The molecule has 3 heterocycles. The molecule has 2 aliphatic heterocycles. The summed E-state index contributed by atoms with van der Waals surface area (Å²) in [5, 5.41) is 26.1. The lowest BCUT2D eigenvalue weighted by Gasteiger charge is -2.31. The molecule has 3 aromatic rings. The van der Waals surface area contributed by atoms with E-state index >= 15 is 0 Å². The second-order valence-corrected chi connectivity index (χ2v) is 9.85. The van der Waals surface area contributed by atoms with Crippen LogP contribution in [0, 0.1) is 0 Å². The molecule has 2 aromatic carbocycles. The number of aliphatic hydroxyl groups excluding tert-OH is 1. The number of β-amino-alcohol motifs (C(OH)–C–C–N with tert-alkyl or cyclic N) is 1. The van der Waals surface area contributed by atoms with Crippen LogP contribution in [0.4, 0.5) is 16.3 Å². The van der Waals surface area contributed by atoms with Crippen molar-refractivity contribution >= 4 is 34.5 Å². The zero-order valence-electron chi connectivity index (χ0n) is 21.1. The van der Waals surface area contributed by atoms with Gasteiger partial charge >= 0.3 is 12.1 Å². The third-order valence-corrected chi connectivity index (χ3v) is 7.13. The normalized spacial score (nSPS) is 17.3. The number of likely N-dealkylation sites (tertiary alicyclic amines) is 1. The van der Waals surface area contributed by atoms with E-state index in [0.29, 0.717) is 32.0 Å². The molecule has 10 heteroatoms. The number of para-hydroxylation sites is 1. The molecule has 0 aliphatic carbocycles. The topological polar surface area (TPSA) is 123 Å². The number of carbonyl (C=O) groups excluding carboxylic acids is 2. The minimum atomic E-state index is -0.592. The minimum Gasteiger partial charge on any atom is -0.390 e. The highest BCUT2D eigenvalue weighted by atomic mass is 16.6. The van der Waals surface area contributed by atoms with Gasteiger partial charge in [-0.2, -0.15) is 5.10 Å². The maximum absolute atomic E-state index is 11.9. The van der Waals surface area contributed by atoms with Gasteiger partial charge in [0.15, 0.2) is 5.82 Å². The third-order valence-electron chi connectivity index (χ3n) is 7.13. The number of aliphatic hydroxyl groups is 1. The van der Waals surface area contributed by atoms with Gasteiger partial charge in [0, 0.05) is 57.6 Å². The molecule has 0 saturated carbocycles. The SMILES string of the molecule is CC(=O)OC(=O)N1CCC(Nc2cccc3c(NC[C@H](O)CN4CCc5ccccc5C4)n[nH]c23)CC1. The molecule has 1 saturated heterocycles. The lowest BCUT2D eigenvalue weighted by atomic mass is 10.00. The van der Waals surface area contributed by atoms with Gasteiger partial charge in [0.25, 0.3) is 0 Å². The quantitative estimate of drug-likeness (QED) is 0.285. The van der Waals surface area contributed by atoms with Crippen molar-refractivity contribution in [3.63, 3.8) is 0 Å². The van der Waals surface area contributed by atoms with E-state index in [1.807, 2.05) is 18.2 Å². The van der Waals surface area contributed by atoms with Gasteiger partial charge in [-0.3, -0.25) is 14.8 Å². The van der Waals surface area contributed by atoms with Crippen LogP contribution in [0.3, 0.4) is 0 Å². The number of nitrogens with one attached hydrogen (secondary N) is 3. The number of aromatic amines is 1. The van der Waals surface area contributed by atoms with Gasteiger partial charge in [-0.15, -0.1) is 0 Å². The van der Waals surface area contributed by atoms with Crippen LogP contribution in [-0.4, -0.2) is 82.0 Å². The second-order valence-electron chi connectivity index (χ2n) is 9.85. The third kappa shape index (κ3) is 6.03. The molecule has 1 amide bonds. The molecule has 0 spiro atoms. The first-order chi connectivity index (χ1) is 18.0. The number of hydrogen-bond acceptors (Lipinski definition) is 8. The van der Waals surface area contributed by atoms with Crippen molar-refractivity contribution in [2.45, 2.75) is 44.9 Å². The molecule has 1 aromatic heterocycles. The summed E-state index contributed by atoms with van der Waals surface area (Å²) < 4.78 is 4.69. The number of hydrogen-bond donors (Lipinski definition) is 4. The van der Waals surface area contributed by atoms with Crippen molar-refractivity contribution in [3.05, 3.63) is 53.6 Å². The summed E-state index contributed by atoms with van der Waals surface area (Å²) in [7, 11) is 0. The Morgan fingerprint density at radius 2 is 1.92 bits per heavy atom. The number of piperidine rings is 1. The zero-order valence-corrected chi connectivity index (χ0v) is 21.1. The minimum absolute atomic E-state index is 0.184. The number of rotatable bonds is 7. The summed E-state index contributed by atoms with van der Waals surface area (Å²) in [4.78, 5) is 26.8. The summed E-state index contributed by atoms with van der Waals surface area (Å²) in [5.74, 6) is 0.119. The molecular formula is C27H34N6O4. The zero-order chi connectivity index (χ0) is 25.8. The Morgan fingerprint density at radius 3 is 2.70 bits per heavy atom. The molecule has 2 aliphatic rings. The fourth-order valence-electron chi connectivity index (χ4n) is 5.20. The van der Waals surface area contributed by atoms with Crippen molar-refractivity contribution in [2.75, 3.05) is 43.4 Å². The van der Waals surface area contributed by atoms with Gasteiger partial charge in [-0.05, 0) is 42.5 Å². The van der Waals surface area contributed by atoms with Gasteiger partial charge in [0.1, 0.15) is 0 Å². The number of esters is 1. The molecule has 0 bridgehead atoms. The number of amides is 1. The number of benzene rings is 2. The standard InChI is InChI=1S/C27H34N6O4/c1-18(34)37-27(36)33-13-10-21(11-14-33)29-24-8-4-7-23-25(24)30-31-26(23)28-15-22(35)17-32-12-9-19-5-2-3-6-20(19)16-32/h2-8,21-22,29,35H,9-17H2,1H3,(H2,28,30,31)/t22-/m0/s1. The first-order valence-electron chi connectivity index (χ1n) is 12.9. The highest BCUT2D eigenvalue weighted by Gasteiger charge is 2.25. The van der Waals surface area contributed by atoms with E-state index in [4.69, 9.17) is 0 Å². The largest absolute Gasteiger partial charge is 0.417 e. The summed E-state index contributed by atoms with van der Waals surface area (Å²) in [6.45, 7) is 5.11.